The second-order valence-electron chi connectivity index (χ2n) is 5.22. The summed E-state index contributed by atoms with van der Waals surface area (Å²) < 4.78 is 22.6. The second-order valence-corrected chi connectivity index (χ2v) is 7.19. The Bertz CT molecular complexity index is 583. The van der Waals surface area contributed by atoms with E-state index in [1.807, 2.05) is 0 Å². The number of piperidine rings is 1. The molecule has 1 saturated heterocycles. The van der Waals surface area contributed by atoms with Gasteiger partial charge in [0, 0.05) is 18.2 Å². The van der Waals surface area contributed by atoms with Crippen molar-refractivity contribution in [2.75, 3.05) is 18.1 Å². The van der Waals surface area contributed by atoms with E-state index in [-0.39, 0.29) is 16.9 Å². The van der Waals surface area contributed by atoms with E-state index in [0.29, 0.717) is 11.7 Å². The molecule has 1 aliphatic heterocycles. The van der Waals surface area contributed by atoms with Gasteiger partial charge >= 0.3 is 0 Å². The normalized spacial score (nSPS) is 23.3. The van der Waals surface area contributed by atoms with Crippen LogP contribution in [0, 0.1) is 5.92 Å². The van der Waals surface area contributed by atoms with Crippen LogP contribution in [0.1, 0.15) is 19.8 Å². The monoisotopic (exact) mass is 297 g/mol. The van der Waals surface area contributed by atoms with Crippen LogP contribution in [-0.2, 0) is 14.6 Å². The quantitative estimate of drug-likeness (QED) is 0.862. The maximum atomic E-state index is 12.1. The first kappa shape index (κ1) is 14.9. The molecule has 1 amide bonds. The molecular weight excluding hydrogens is 278 g/mol. The Morgan fingerprint density at radius 3 is 2.75 bits per heavy atom. The van der Waals surface area contributed by atoms with Crippen molar-refractivity contribution in [1.29, 1.82) is 0 Å². The van der Waals surface area contributed by atoms with Crippen molar-refractivity contribution in [2.45, 2.75) is 30.8 Å². The second kappa shape index (κ2) is 5.88. The van der Waals surface area contributed by atoms with E-state index in [0.717, 1.165) is 25.6 Å². The summed E-state index contributed by atoms with van der Waals surface area (Å²) in [5.74, 6) is -0.0481. The lowest BCUT2D eigenvalue weighted by atomic mass is 9.92. The van der Waals surface area contributed by atoms with Gasteiger partial charge in [0.2, 0.25) is 5.91 Å². The molecule has 6 nitrogen and oxygen atoms in total. The SMILES string of the molecule is C[C@H]1C[C@@H](C(=O)Nc2ccc(S(C)(=O)=O)nc2)CCN1. The van der Waals surface area contributed by atoms with Crippen LogP contribution in [0.25, 0.3) is 0 Å². The number of anilines is 1. The van der Waals surface area contributed by atoms with Gasteiger partial charge in [-0.1, -0.05) is 0 Å². The number of aromatic nitrogens is 1. The Balaban J connectivity index is 2.01. The van der Waals surface area contributed by atoms with E-state index < -0.39 is 9.84 Å². The van der Waals surface area contributed by atoms with Gasteiger partial charge in [0.15, 0.2) is 14.9 Å². The minimum absolute atomic E-state index is 0.00554. The lowest BCUT2D eigenvalue weighted by molar-refractivity contribution is -0.120. The summed E-state index contributed by atoms with van der Waals surface area (Å²) in [6.07, 6.45) is 4.09. The molecule has 7 heteroatoms. The van der Waals surface area contributed by atoms with Crippen molar-refractivity contribution < 1.29 is 13.2 Å². The first-order valence-electron chi connectivity index (χ1n) is 6.56. The minimum Gasteiger partial charge on any atom is -0.324 e. The molecule has 1 aliphatic rings. The molecule has 0 aliphatic carbocycles. The molecule has 1 aromatic heterocycles. The Morgan fingerprint density at radius 2 is 2.20 bits per heavy atom. The zero-order valence-corrected chi connectivity index (χ0v) is 12.4. The lowest BCUT2D eigenvalue weighted by Crippen LogP contribution is -2.40. The molecule has 2 heterocycles. The average Bonchev–Trinajstić information content (AvgIpc) is 2.38. The third kappa shape index (κ3) is 3.77. The maximum Gasteiger partial charge on any atom is 0.227 e. The van der Waals surface area contributed by atoms with Gasteiger partial charge in [-0.2, -0.15) is 0 Å². The number of hydrogen-bond donors (Lipinski definition) is 2. The molecule has 1 aromatic rings. The molecule has 0 spiro atoms. The number of amides is 1. The predicted molar refractivity (Wildman–Crippen MR) is 76.2 cm³/mol. The molecule has 0 bridgehead atoms. The smallest absolute Gasteiger partial charge is 0.227 e. The molecule has 0 saturated carbocycles. The summed E-state index contributed by atoms with van der Waals surface area (Å²) in [7, 11) is -3.31. The summed E-state index contributed by atoms with van der Waals surface area (Å²) in [4.78, 5) is 16.0. The van der Waals surface area contributed by atoms with E-state index in [9.17, 15) is 13.2 Å². The highest BCUT2D eigenvalue weighted by atomic mass is 32.2. The van der Waals surface area contributed by atoms with Crippen LogP contribution >= 0.6 is 0 Å². The highest BCUT2D eigenvalue weighted by Crippen LogP contribution is 2.18. The number of rotatable bonds is 3. The first-order chi connectivity index (χ1) is 9.36. The van der Waals surface area contributed by atoms with Crippen molar-refractivity contribution in [3.63, 3.8) is 0 Å². The molecule has 0 radical (unpaired) electrons. The zero-order valence-electron chi connectivity index (χ0n) is 11.6. The highest BCUT2D eigenvalue weighted by Gasteiger charge is 2.24. The molecule has 2 N–H and O–H groups in total. The molecule has 0 unspecified atom stereocenters. The van der Waals surface area contributed by atoms with E-state index in [1.165, 1.54) is 12.3 Å². The molecule has 110 valence electrons. The van der Waals surface area contributed by atoms with Crippen molar-refractivity contribution >= 4 is 21.4 Å². The van der Waals surface area contributed by atoms with Gasteiger partial charge in [-0.05, 0) is 38.4 Å². The number of hydrogen-bond acceptors (Lipinski definition) is 5. The Labute approximate surface area is 118 Å². The molecule has 0 aromatic carbocycles. The third-order valence-electron chi connectivity index (χ3n) is 3.38. The Hall–Kier alpha value is -1.47. The zero-order chi connectivity index (χ0) is 14.8. The van der Waals surface area contributed by atoms with Crippen LogP contribution in [-0.4, -0.2) is 38.2 Å². The fraction of sp³-hybridized carbons (Fsp3) is 0.538. The van der Waals surface area contributed by atoms with Crippen LogP contribution in [0.2, 0.25) is 0 Å². The number of nitrogens with one attached hydrogen (secondary N) is 2. The fourth-order valence-electron chi connectivity index (χ4n) is 2.29. The van der Waals surface area contributed by atoms with E-state index in [2.05, 4.69) is 22.5 Å². The lowest BCUT2D eigenvalue weighted by Gasteiger charge is -2.27. The predicted octanol–water partition coefficient (Wildman–Crippen LogP) is 0.812. The number of sulfone groups is 1. The van der Waals surface area contributed by atoms with Crippen LogP contribution in [0.5, 0.6) is 0 Å². The summed E-state index contributed by atoms with van der Waals surface area (Å²) in [5.41, 5.74) is 0.522. The molecule has 20 heavy (non-hydrogen) atoms. The van der Waals surface area contributed by atoms with Gasteiger partial charge in [0.1, 0.15) is 0 Å². The van der Waals surface area contributed by atoms with E-state index in [4.69, 9.17) is 0 Å². The van der Waals surface area contributed by atoms with Gasteiger partial charge in [-0.25, -0.2) is 13.4 Å². The minimum atomic E-state index is -3.31. The van der Waals surface area contributed by atoms with Crippen molar-refractivity contribution in [3.05, 3.63) is 18.3 Å². The topological polar surface area (TPSA) is 88.2 Å². The van der Waals surface area contributed by atoms with Gasteiger partial charge in [-0.3, -0.25) is 4.79 Å². The van der Waals surface area contributed by atoms with Gasteiger partial charge < -0.3 is 10.6 Å². The van der Waals surface area contributed by atoms with Crippen LogP contribution in [0.3, 0.4) is 0 Å². The van der Waals surface area contributed by atoms with Crippen LogP contribution in [0.4, 0.5) is 5.69 Å². The van der Waals surface area contributed by atoms with Crippen molar-refractivity contribution in [3.8, 4) is 0 Å². The molecule has 2 rings (SSSR count). The molecule has 1 fully saturated rings. The van der Waals surface area contributed by atoms with Crippen LogP contribution in [0.15, 0.2) is 23.4 Å². The van der Waals surface area contributed by atoms with Gasteiger partial charge in [0.25, 0.3) is 0 Å². The van der Waals surface area contributed by atoms with E-state index in [1.54, 1.807) is 6.07 Å². The van der Waals surface area contributed by atoms with Crippen molar-refractivity contribution in [2.24, 2.45) is 5.92 Å². The van der Waals surface area contributed by atoms with Crippen molar-refractivity contribution in [1.82, 2.24) is 10.3 Å². The number of pyridine rings is 1. The number of carbonyl (C=O) groups excluding carboxylic acids is 1. The van der Waals surface area contributed by atoms with Gasteiger partial charge in [0.05, 0.1) is 11.9 Å². The summed E-state index contributed by atoms with van der Waals surface area (Å²) in [5, 5.41) is 6.09. The summed E-state index contributed by atoms with van der Waals surface area (Å²) in [6.45, 7) is 2.90. The van der Waals surface area contributed by atoms with Crippen LogP contribution < -0.4 is 10.6 Å². The van der Waals surface area contributed by atoms with Gasteiger partial charge in [-0.15, -0.1) is 0 Å². The Kier molecular flexibility index (Phi) is 4.39. The third-order valence-corrected chi connectivity index (χ3v) is 4.38. The Morgan fingerprint density at radius 1 is 1.45 bits per heavy atom. The summed E-state index contributed by atoms with van der Waals surface area (Å²) in [6, 6.07) is 3.30. The molecule has 2 atom stereocenters. The standard InChI is InChI=1S/C13H19N3O3S/c1-9-7-10(5-6-14-9)13(17)16-11-3-4-12(15-8-11)20(2,18)19/h3-4,8-10,14H,5-7H2,1-2H3,(H,16,17)/t9-,10-/m0/s1. The maximum absolute atomic E-state index is 12.1. The largest absolute Gasteiger partial charge is 0.324 e. The fourth-order valence-corrected chi connectivity index (χ4v) is 2.85. The number of carbonyl (C=O) groups is 1. The first-order valence-corrected chi connectivity index (χ1v) is 8.46. The summed E-state index contributed by atoms with van der Waals surface area (Å²) >= 11 is 0. The average molecular weight is 297 g/mol. The molecular formula is C13H19N3O3S. The van der Waals surface area contributed by atoms with E-state index >= 15 is 0 Å². The highest BCUT2D eigenvalue weighted by molar-refractivity contribution is 7.90. The number of nitrogens with zero attached hydrogens (tertiary/aromatic N) is 1.